The van der Waals surface area contributed by atoms with Crippen LogP contribution in [-0.2, 0) is 0 Å². The Morgan fingerprint density at radius 3 is 2.94 bits per heavy atom. The summed E-state index contributed by atoms with van der Waals surface area (Å²) in [5.41, 5.74) is 1.36. The Kier molecular flexibility index (Phi) is 3.07. The lowest BCUT2D eigenvalue weighted by atomic mass is 10.2. The number of rotatable bonds is 4. The molecule has 4 nitrogen and oxygen atoms in total. The van der Waals surface area contributed by atoms with Crippen molar-refractivity contribution in [1.29, 1.82) is 0 Å². The lowest BCUT2D eigenvalue weighted by molar-refractivity contribution is 0.105. The number of H-pyrrole nitrogens is 1. The number of aromatic amines is 1. The standard InChI is InChI=1S/C11H13FN2O2/c12-9-1-2-10(14-5-7(16)6-15)11-8(9)3-4-13-11/h1-4,7,13-16H,5-6H2. The van der Waals surface area contributed by atoms with Gasteiger partial charge in [0.05, 0.1) is 23.9 Å². The van der Waals surface area contributed by atoms with Gasteiger partial charge >= 0.3 is 0 Å². The third-order valence-corrected chi connectivity index (χ3v) is 2.41. The topological polar surface area (TPSA) is 68.3 Å². The third-order valence-electron chi connectivity index (χ3n) is 2.41. The smallest absolute Gasteiger partial charge is 0.132 e. The van der Waals surface area contributed by atoms with Gasteiger partial charge in [0.15, 0.2) is 0 Å². The molecular formula is C11H13FN2O2. The lowest BCUT2D eigenvalue weighted by Crippen LogP contribution is -2.23. The summed E-state index contributed by atoms with van der Waals surface area (Å²) in [4.78, 5) is 2.92. The van der Waals surface area contributed by atoms with Gasteiger partial charge in [0.2, 0.25) is 0 Å². The number of aromatic nitrogens is 1. The number of nitrogens with one attached hydrogen (secondary N) is 2. The first-order chi connectivity index (χ1) is 7.72. The quantitative estimate of drug-likeness (QED) is 0.628. The van der Waals surface area contributed by atoms with E-state index in [0.29, 0.717) is 16.6 Å². The molecule has 86 valence electrons. The van der Waals surface area contributed by atoms with Crippen LogP contribution in [0.2, 0.25) is 0 Å². The van der Waals surface area contributed by atoms with Crippen molar-refractivity contribution in [2.45, 2.75) is 6.10 Å². The summed E-state index contributed by atoms with van der Waals surface area (Å²) in [6.07, 6.45) is 0.830. The van der Waals surface area contributed by atoms with Crippen LogP contribution >= 0.6 is 0 Å². The van der Waals surface area contributed by atoms with E-state index in [2.05, 4.69) is 10.3 Å². The monoisotopic (exact) mass is 224 g/mol. The molecule has 2 aromatic rings. The fourth-order valence-electron chi connectivity index (χ4n) is 1.56. The molecule has 1 aromatic carbocycles. The molecule has 4 N–H and O–H groups in total. The number of benzene rings is 1. The second-order valence-corrected chi connectivity index (χ2v) is 3.58. The molecule has 5 heteroatoms. The van der Waals surface area contributed by atoms with Crippen molar-refractivity contribution < 1.29 is 14.6 Å². The average molecular weight is 224 g/mol. The summed E-state index contributed by atoms with van der Waals surface area (Å²) >= 11 is 0. The average Bonchev–Trinajstić information content (AvgIpc) is 2.77. The van der Waals surface area contributed by atoms with E-state index in [4.69, 9.17) is 5.11 Å². The summed E-state index contributed by atoms with van der Waals surface area (Å²) in [6, 6.07) is 4.61. The Bertz CT molecular complexity index is 484. The second-order valence-electron chi connectivity index (χ2n) is 3.58. The van der Waals surface area contributed by atoms with Crippen LogP contribution in [-0.4, -0.2) is 34.5 Å². The highest BCUT2D eigenvalue weighted by Gasteiger charge is 2.08. The number of aliphatic hydroxyl groups excluding tert-OH is 2. The summed E-state index contributed by atoms with van der Waals surface area (Å²) in [5.74, 6) is -0.287. The summed E-state index contributed by atoms with van der Waals surface area (Å²) in [6.45, 7) is -0.0850. The highest BCUT2D eigenvalue weighted by molar-refractivity contribution is 5.91. The van der Waals surface area contributed by atoms with E-state index in [1.54, 1.807) is 18.3 Å². The zero-order valence-corrected chi connectivity index (χ0v) is 8.57. The van der Waals surface area contributed by atoms with Gasteiger partial charge in [-0.3, -0.25) is 0 Å². The normalized spacial score (nSPS) is 12.9. The first-order valence-electron chi connectivity index (χ1n) is 5.00. The van der Waals surface area contributed by atoms with Crippen LogP contribution in [0.1, 0.15) is 0 Å². The highest BCUT2D eigenvalue weighted by Crippen LogP contribution is 2.24. The molecule has 0 radical (unpaired) electrons. The maximum atomic E-state index is 13.3. The zero-order valence-electron chi connectivity index (χ0n) is 8.57. The van der Waals surface area contributed by atoms with E-state index < -0.39 is 6.10 Å². The molecule has 0 amide bonds. The molecule has 1 atom stereocenters. The van der Waals surface area contributed by atoms with E-state index in [0.717, 1.165) is 0 Å². The molecule has 1 heterocycles. The maximum Gasteiger partial charge on any atom is 0.132 e. The van der Waals surface area contributed by atoms with E-state index in [1.807, 2.05) is 0 Å². The zero-order chi connectivity index (χ0) is 11.5. The predicted octanol–water partition coefficient (Wildman–Crippen LogP) is 1.07. The molecule has 0 bridgehead atoms. The number of anilines is 1. The number of halogens is 1. The van der Waals surface area contributed by atoms with E-state index in [1.165, 1.54) is 6.07 Å². The minimum atomic E-state index is -0.824. The van der Waals surface area contributed by atoms with Gasteiger partial charge in [-0.15, -0.1) is 0 Å². The minimum Gasteiger partial charge on any atom is -0.394 e. The second kappa shape index (κ2) is 4.51. The van der Waals surface area contributed by atoms with Crippen LogP contribution in [0.25, 0.3) is 10.9 Å². The molecule has 0 aliphatic carbocycles. The van der Waals surface area contributed by atoms with Crippen molar-refractivity contribution in [3.63, 3.8) is 0 Å². The SMILES string of the molecule is OCC(O)CNc1ccc(F)c2cc[nH]c12. The van der Waals surface area contributed by atoms with Crippen LogP contribution in [0.4, 0.5) is 10.1 Å². The van der Waals surface area contributed by atoms with Gasteiger partial charge in [0, 0.05) is 18.1 Å². The first-order valence-corrected chi connectivity index (χ1v) is 5.00. The number of aliphatic hydroxyl groups is 2. The molecule has 0 saturated carbocycles. The first kappa shape index (κ1) is 10.9. The van der Waals surface area contributed by atoms with E-state index in [-0.39, 0.29) is 19.0 Å². The van der Waals surface area contributed by atoms with Crippen molar-refractivity contribution in [3.8, 4) is 0 Å². The van der Waals surface area contributed by atoms with Gasteiger partial charge in [0.25, 0.3) is 0 Å². The van der Waals surface area contributed by atoms with Crippen molar-refractivity contribution in [3.05, 3.63) is 30.2 Å². The molecule has 0 spiro atoms. The largest absolute Gasteiger partial charge is 0.394 e. The van der Waals surface area contributed by atoms with Crippen LogP contribution in [0, 0.1) is 5.82 Å². The molecule has 2 rings (SSSR count). The number of hydrogen-bond donors (Lipinski definition) is 4. The highest BCUT2D eigenvalue weighted by atomic mass is 19.1. The van der Waals surface area contributed by atoms with Crippen molar-refractivity contribution in [2.24, 2.45) is 0 Å². The third kappa shape index (κ3) is 2.00. The van der Waals surface area contributed by atoms with Gasteiger partial charge in [-0.05, 0) is 18.2 Å². The predicted molar refractivity (Wildman–Crippen MR) is 59.8 cm³/mol. The molecular weight excluding hydrogens is 211 g/mol. The Morgan fingerprint density at radius 2 is 2.19 bits per heavy atom. The Morgan fingerprint density at radius 1 is 1.38 bits per heavy atom. The molecule has 0 fully saturated rings. The van der Waals surface area contributed by atoms with Crippen LogP contribution in [0.3, 0.4) is 0 Å². The lowest BCUT2D eigenvalue weighted by Gasteiger charge is -2.11. The molecule has 1 aromatic heterocycles. The van der Waals surface area contributed by atoms with Crippen molar-refractivity contribution >= 4 is 16.6 Å². The fourth-order valence-corrected chi connectivity index (χ4v) is 1.56. The van der Waals surface area contributed by atoms with Crippen LogP contribution in [0.5, 0.6) is 0 Å². The van der Waals surface area contributed by atoms with Crippen LogP contribution in [0.15, 0.2) is 24.4 Å². The molecule has 0 aliphatic heterocycles. The molecule has 0 saturated heterocycles. The molecule has 16 heavy (non-hydrogen) atoms. The van der Waals surface area contributed by atoms with E-state index >= 15 is 0 Å². The fraction of sp³-hybridized carbons (Fsp3) is 0.273. The van der Waals surface area contributed by atoms with Gasteiger partial charge in [-0.25, -0.2) is 4.39 Å². The van der Waals surface area contributed by atoms with Gasteiger partial charge in [-0.1, -0.05) is 0 Å². The van der Waals surface area contributed by atoms with E-state index in [9.17, 15) is 9.50 Å². The van der Waals surface area contributed by atoms with Crippen molar-refractivity contribution in [2.75, 3.05) is 18.5 Å². The number of hydrogen-bond acceptors (Lipinski definition) is 3. The van der Waals surface area contributed by atoms with Gasteiger partial charge in [0.1, 0.15) is 5.82 Å². The maximum absolute atomic E-state index is 13.3. The summed E-state index contributed by atoms with van der Waals surface area (Å²) < 4.78 is 13.3. The minimum absolute atomic E-state index is 0.219. The van der Waals surface area contributed by atoms with Gasteiger partial charge < -0.3 is 20.5 Å². The molecule has 1 unspecified atom stereocenters. The van der Waals surface area contributed by atoms with Gasteiger partial charge in [-0.2, -0.15) is 0 Å². The Labute approximate surface area is 91.7 Å². The molecule has 0 aliphatic rings. The Balaban J connectivity index is 2.24. The summed E-state index contributed by atoms with van der Waals surface area (Å²) in [7, 11) is 0. The summed E-state index contributed by atoms with van der Waals surface area (Å²) in [5, 5.41) is 21.3. The van der Waals surface area contributed by atoms with Crippen LogP contribution < -0.4 is 5.32 Å². The Hall–Kier alpha value is -1.59. The van der Waals surface area contributed by atoms with Crippen molar-refractivity contribution in [1.82, 2.24) is 4.98 Å². The number of fused-ring (bicyclic) bond motifs is 1.